The quantitative estimate of drug-likeness (QED) is 0.527. The first-order chi connectivity index (χ1) is 8.15. The lowest BCUT2D eigenvalue weighted by Gasteiger charge is -2.05. The van der Waals surface area contributed by atoms with Crippen LogP contribution in [-0.2, 0) is 0 Å². The molecule has 1 fully saturated rings. The molecule has 2 heterocycles. The molecule has 0 saturated heterocycles. The molecule has 2 nitrogen and oxygen atoms in total. The van der Waals surface area contributed by atoms with Gasteiger partial charge in [-0.1, -0.05) is 23.2 Å². The van der Waals surface area contributed by atoms with Crippen LogP contribution in [0.5, 0.6) is 0 Å². The Morgan fingerprint density at radius 3 is 2.65 bits per heavy atom. The average molecular weight is 397 g/mol. The smallest absolute Gasteiger partial charge is 0.171 e. The number of aromatic nitrogens is 2. The molecule has 0 amide bonds. The standard InChI is InChI=1S/C11H7Cl2IN2S/c12-6-3-7(17-4-6)11-15-9(5-1-2-5)8(14)10(13)16-11/h3-5H,1-2H2. The summed E-state index contributed by atoms with van der Waals surface area (Å²) in [4.78, 5) is 9.92. The fraction of sp³-hybridized carbons (Fsp3) is 0.273. The summed E-state index contributed by atoms with van der Waals surface area (Å²) < 4.78 is 0.984. The van der Waals surface area contributed by atoms with E-state index < -0.39 is 0 Å². The largest absolute Gasteiger partial charge is 0.231 e. The summed E-state index contributed by atoms with van der Waals surface area (Å²) in [5.41, 5.74) is 1.09. The molecular formula is C11H7Cl2IN2S. The lowest BCUT2D eigenvalue weighted by atomic mass is 10.3. The third kappa shape index (κ3) is 2.45. The lowest BCUT2D eigenvalue weighted by Crippen LogP contribution is -1.98. The zero-order valence-electron chi connectivity index (χ0n) is 8.58. The molecule has 0 atom stereocenters. The van der Waals surface area contributed by atoms with E-state index in [2.05, 4.69) is 32.6 Å². The van der Waals surface area contributed by atoms with Crippen molar-refractivity contribution in [2.75, 3.05) is 0 Å². The van der Waals surface area contributed by atoms with Crippen molar-refractivity contribution in [3.05, 3.63) is 30.9 Å². The first kappa shape index (κ1) is 12.1. The molecule has 0 N–H and O–H groups in total. The van der Waals surface area contributed by atoms with E-state index in [0.717, 1.165) is 19.2 Å². The van der Waals surface area contributed by atoms with Gasteiger partial charge in [0.15, 0.2) is 5.82 Å². The van der Waals surface area contributed by atoms with Crippen LogP contribution in [0.2, 0.25) is 10.2 Å². The first-order valence-electron chi connectivity index (χ1n) is 5.12. The van der Waals surface area contributed by atoms with Gasteiger partial charge < -0.3 is 0 Å². The van der Waals surface area contributed by atoms with E-state index in [-0.39, 0.29) is 0 Å². The molecule has 0 aromatic carbocycles. The minimum absolute atomic E-state index is 0.544. The van der Waals surface area contributed by atoms with Gasteiger partial charge in [0.1, 0.15) is 5.15 Å². The summed E-state index contributed by atoms with van der Waals surface area (Å²) in [6.07, 6.45) is 2.40. The fourth-order valence-corrected chi connectivity index (χ4v) is 3.47. The number of rotatable bonds is 2. The summed E-state index contributed by atoms with van der Waals surface area (Å²) in [7, 11) is 0. The summed E-state index contributed by atoms with van der Waals surface area (Å²) >= 11 is 15.8. The molecule has 17 heavy (non-hydrogen) atoms. The Morgan fingerprint density at radius 1 is 1.29 bits per heavy atom. The maximum atomic E-state index is 6.16. The zero-order valence-corrected chi connectivity index (χ0v) is 13.1. The van der Waals surface area contributed by atoms with Crippen molar-refractivity contribution >= 4 is 57.1 Å². The van der Waals surface area contributed by atoms with Crippen molar-refractivity contribution in [2.45, 2.75) is 18.8 Å². The van der Waals surface area contributed by atoms with Crippen LogP contribution in [0, 0.1) is 3.57 Å². The third-order valence-electron chi connectivity index (χ3n) is 2.59. The molecule has 2 aromatic rings. The average Bonchev–Trinajstić information content (AvgIpc) is 3.05. The highest BCUT2D eigenvalue weighted by molar-refractivity contribution is 14.1. The molecule has 0 unspecified atom stereocenters. The van der Waals surface area contributed by atoms with Gasteiger partial charge in [0.25, 0.3) is 0 Å². The predicted molar refractivity (Wildman–Crippen MR) is 80.1 cm³/mol. The third-order valence-corrected chi connectivity index (χ3v) is 5.52. The van der Waals surface area contributed by atoms with Gasteiger partial charge in [-0.15, -0.1) is 11.3 Å². The summed E-state index contributed by atoms with van der Waals surface area (Å²) in [5, 5.41) is 3.14. The molecule has 1 saturated carbocycles. The predicted octanol–water partition coefficient (Wildman–Crippen LogP) is 4.99. The monoisotopic (exact) mass is 396 g/mol. The van der Waals surface area contributed by atoms with E-state index in [1.807, 2.05) is 11.4 Å². The second-order valence-corrected chi connectivity index (χ2v) is 6.73. The van der Waals surface area contributed by atoms with Gasteiger partial charge in [0, 0.05) is 11.3 Å². The molecule has 88 valence electrons. The molecular weight excluding hydrogens is 390 g/mol. The van der Waals surface area contributed by atoms with Crippen molar-refractivity contribution in [3.63, 3.8) is 0 Å². The van der Waals surface area contributed by atoms with Crippen LogP contribution in [0.4, 0.5) is 0 Å². The highest BCUT2D eigenvalue weighted by Crippen LogP contribution is 2.43. The van der Waals surface area contributed by atoms with Crippen LogP contribution in [0.25, 0.3) is 10.7 Å². The van der Waals surface area contributed by atoms with Crippen LogP contribution >= 0.6 is 57.1 Å². The maximum Gasteiger partial charge on any atom is 0.171 e. The van der Waals surface area contributed by atoms with Gasteiger partial charge in [0.05, 0.1) is 19.2 Å². The number of halogens is 3. The van der Waals surface area contributed by atoms with Crippen molar-refractivity contribution < 1.29 is 0 Å². The minimum atomic E-state index is 0.544. The Balaban J connectivity index is 2.11. The minimum Gasteiger partial charge on any atom is -0.231 e. The second-order valence-electron chi connectivity index (χ2n) is 3.94. The van der Waals surface area contributed by atoms with E-state index in [4.69, 9.17) is 23.2 Å². The molecule has 1 aliphatic carbocycles. The Morgan fingerprint density at radius 2 is 2.06 bits per heavy atom. The molecule has 6 heteroatoms. The van der Waals surface area contributed by atoms with Crippen molar-refractivity contribution in [1.82, 2.24) is 9.97 Å². The Labute approximate surface area is 127 Å². The van der Waals surface area contributed by atoms with Crippen LogP contribution in [0.3, 0.4) is 0 Å². The molecule has 1 aliphatic rings. The molecule has 0 radical (unpaired) electrons. The first-order valence-corrected chi connectivity index (χ1v) is 7.84. The van der Waals surface area contributed by atoms with E-state index in [9.17, 15) is 0 Å². The number of hydrogen-bond donors (Lipinski definition) is 0. The van der Waals surface area contributed by atoms with Gasteiger partial charge in [-0.3, -0.25) is 0 Å². The number of thiophene rings is 1. The number of nitrogens with zero attached hydrogens (tertiary/aromatic N) is 2. The summed E-state index contributed by atoms with van der Waals surface area (Å²) in [6.45, 7) is 0. The van der Waals surface area contributed by atoms with Crippen LogP contribution in [0.15, 0.2) is 11.4 Å². The van der Waals surface area contributed by atoms with Gasteiger partial charge in [-0.2, -0.15) is 0 Å². The number of hydrogen-bond acceptors (Lipinski definition) is 3. The Hall–Kier alpha value is 0.0900. The van der Waals surface area contributed by atoms with Gasteiger partial charge in [-0.25, -0.2) is 9.97 Å². The molecule has 0 aliphatic heterocycles. The Kier molecular flexibility index (Phi) is 3.32. The molecule has 2 aromatic heterocycles. The summed E-state index contributed by atoms with van der Waals surface area (Å²) in [5.74, 6) is 1.26. The van der Waals surface area contributed by atoms with E-state index >= 15 is 0 Å². The topological polar surface area (TPSA) is 25.8 Å². The normalized spacial score (nSPS) is 15.2. The van der Waals surface area contributed by atoms with Crippen LogP contribution in [0.1, 0.15) is 24.5 Å². The molecule has 3 rings (SSSR count). The van der Waals surface area contributed by atoms with Gasteiger partial charge >= 0.3 is 0 Å². The van der Waals surface area contributed by atoms with E-state index in [0.29, 0.717) is 16.9 Å². The zero-order chi connectivity index (χ0) is 12.0. The van der Waals surface area contributed by atoms with Gasteiger partial charge in [0.2, 0.25) is 0 Å². The van der Waals surface area contributed by atoms with Crippen LogP contribution < -0.4 is 0 Å². The Bertz CT molecular complexity index is 581. The van der Waals surface area contributed by atoms with E-state index in [1.165, 1.54) is 24.2 Å². The highest BCUT2D eigenvalue weighted by atomic mass is 127. The summed E-state index contributed by atoms with van der Waals surface area (Å²) in [6, 6.07) is 1.88. The highest BCUT2D eigenvalue weighted by Gasteiger charge is 2.29. The lowest BCUT2D eigenvalue weighted by molar-refractivity contribution is 0.980. The molecule has 0 bridgehead atoms. The van der Waals surface area contributed by atoms with Crippen LogP contribution in [-0.4, -0.2) is 9.97 Å². The maximum absolute atomic E-state index is 6.16. The van der Waals surface area contributed by atoms with Crippen molar-refractivity contribution in [2.24, 2.45) is 0 Å². The van der Waals surface area contributed by atoms with Crippen molar-refractivity contribution in [1.29, 1.82) is 0 Å². The SMILES string of the molecule is Clc1csc(-c2nc(Cl)c(I)c(C3CC3)n2)c1. The second kappa shape index (κ2) is 4.64. The fourth-order valence-electron chi connectivity index (χ4n) is 1.60. The molecule has 0 spiro atoms. The van der Waals surface area contributed by atoms with E-state index in [1.54, 1.807) is 0 Å². The van der Waals surface area contributed by atoms with Crippen molar-refractivity contribution in [3.8, 4) is 10.7 Å². The van der Waals surface area contributed by atoms with Gasteiger partial charge in [-0.05, 0) is 41.5 Å².